The van der Waals surface area contributed by atoms with Gasteiger partial charge < -0.3 is 0 Å². The van der Waals surface area contributed by atoms with Crippen molar-refractivity contribution in [1.29, 1.82) is 0 Å². The Morgan fingerprint density at radius 1 is 1.17 bits per heavy atom. The van der Waals surface area contributed by atoms with Gasteiger partial charge in [-0.05, 0) is 0 Å². The van der Waals surface area contributed by atoms with Crippen molar-refractivity contribution in [1.82, 2.24) is 0 Å². The van der Waals surface area contributed by atoms with E-state index in [-0.39, 0.29) is 39.9 Å². The van der Waals surface area contributed by atoms with Gasteiger partial charge in [-0.1, -0.05) is 0 Å². The fraction of sp³-hybridized carbons (Fsp3) is 0. The summed E-state index contributed by atoms with van der Waals surface area (Å²) in [6, 6.07) is 0. The minimum atomic E-state index is -4.67. The van der Waals surface area contributed by atoms with Gasteiger partial charge in [-0.15, -0.1) is 0 Å². The molecule has 0 fully saturated rings. The molecule has 0 aliphatic carbocycles. The Morgan fingerprint density at radius 3 is 1.17 bits per heavy atom. The Labute approximate surface area is 67.2 Å². The van der Waals surface area contributed by atoms with Gasteiger partial charge in [-0.2, -0.15) is 8.42 Å². The second-order valence-electron chi connectivity index (χ2n) is 0.448. The van der Waals surface area contributed by atoms with Crippen LogP contribution in [0.4, 0.5) is 0 Å². The van der Waals surface area contributed by atoms with Gasteiger partial charge in [0.2, 0.25) is 0 Å². The molecule has 0 aliphatic rings. The number of rotatable bonds is 0. The molecular formula is H2O4STh. The topological polar surface area (TPSA) is 74.6 Å². The molecule has 0 aromatic rings. The van der Waals surface area contributed by atoms with Gasteiger partial charge in [-0.3, -0.25) is 9.11 Å². The second-order valence-corrected chi connectivity index (χ2v) is 1.34. The van der Waals surface area contributed by atoms with Crippen LogP contribution in [0.1, 0.15) is 0 Å². The fourth-order valence-electron chi connectivity index (χ4n) is 0. The third kappa shape index (κ3) is 64.0. The van der Waals surface area contributed by atoms with Crippen molar-refractivity contribution in [2.75, 3.05) is 0 Å². The Bertz CT molecular complexity index is 90.7. The normalized spacial score (nSPS) is 9.67. The Kier molecular flexibility index (Phi) is 5.51. The zero-order valence-corrected chi connectivity index (χ0v) is 7.55. The molecule has 0 aromatic carbocycles. The monoisotopic (exact) mass is 330 g/mol. The SMILES string of the molecule is O=S(=O)(O)O.[Th]. The largest absolute Gasteiger partial charge is 0.394 e. The van der Waals surface area contributed by atoms with Gasteiger partial charge in [0, 0.05) is 39.9 Å². The molecule has 0 unspecified atom stereocenters. The molecule has 0 spiro atoms. The zero-order chi connectivity index (χ0) is 4.50. The third-order valence-electron chi connectivity index (χ3n) is 0. The Morgan fingerprint density at radius 2 is 1.17 bits per heavy atom. The van der Waals surface area contributed by atoms with E-state index in [4.69, 9.17) is 17.5 Å². The Balaban J connectivity index is 0. The smallest absolute Gasteiger partial charge is 0.264 e. The average Bonchev–Trinajstić information content (AvgIpc) is 0.722. The molecule has 2 N–H and O–H groups in total. The predicted octanol–water partition coefficient (Wildman–Crippen LogP) is -0.653. The van der Waals surface area contributed by atoms with E-state index in [0.717, 1.165) is 0 Å². The summed E-state index contributed by atoms with van der Waals surface area (Å²) in [5.41, 5.74) is 0. The van der Waals surface area contributed by atoms with Crippen LogP contribution in [-0.2, 0) is 10.4 Å². The molecule has 0 rings (SSSR count). The van der Waals surface area contributed by atoms with Crippen LogP contribution in [-0.4, -0.2) is 17.5 Å². The van der Waals surface area contributed by atoms with E-state index in [0.29, 0.717) is 0 Å². The molecule has 0 bridgehead atoms. The quantitative estimate of drug-likeness (QED) is 0.579. The molecule has 6 heteroatoms. The van der Waals surface area contributed by atoms with Gasteiger partial charge in [0.05, 0.1) is 0 Å². The molecule has 36 valence electrons. The molecule has 4 nitrogen and oxygen atoms in total. The first kappa shape index (κ1) is 10.2. The third-order valence-corrected chi connectivity index (χ3v) is 0. The number of hydrogen-bond donors (Lipinski definition) is 2. The van der Waals surface area contributed by atoms with Crippen molar-refractivity contribution in [3.8, 4) is 0 Å². The molecule has 0 aliphatic heterocycles. The van der Waals surface area contributed by atoms with Crippen LogP contribution < -0.4 is 0 Å². The molecule has 6 heavy (non-hydrogen) atoms. The first-order valence-electron chi connectivity index (χ1n) is 0.698. The molecule has 0 heterocycles. The van der Waals surface area contributed by atoms with Gasteiger partial charge >= 0.3 is 10.4 Å². The summed E-state index contributed by atoms with van der Waals surface area (Å²) in [6.45, 7) is 0. The van der Waals surface area contributed by atoms with E-state index in [2.05, 4.69) is 0 Å². The van der Waals surface area contributed by atoms with E-state index in [1.54, 1.807) is 0 Å². The van der Waals surface area contributed by atoms with Crippen molar-refractivity contribution in [3.05, 3.63) is 0 Å². The minimum absolute atomic E-state index is 0. The molecule has 0 saturated carbocycles. The maximum Gasteiger partial charge on any atom is 0.394 e. The van der Waals surface area contributed by atoms with Crippen LogP contribution in [0.2, 0.25) is 0 Å². The van der Waals surface area contributed by atoms with Gasteiger partial charge in [0.1, 0.15) is 0 Å². The molecule has 0 radical (unpaired) electrons. The minimum Gasteiger partial charge on any atom is -0.264 e. The summed E-state index contributed by atoms with van der Waals surface area (Å²) in [5.74, 6) is 0. The maximum atomic E-state index is 8.74. The van der Waals surface area contributed by atoms with Crippen LogP contribution in [0.3, 0.4) is 0 Å². The van der Waals surface area contributed by atoms with Crippen LogP contribution in [0.5, 0.6) is 0 Å². The van der Waals surface area contributed by atoms with E-state index in [1.165, 1.54) is 0 Å². The predicted molar refractivity (Wildman–Crippen MR) is 14.2 cm³/mol. The number of hydrogen-bond acceptors (Lipinski definition) is 2. The van der Waals surface area contributed by atoms with Crippen molar-refractivity contribution in [3.63, 3.8) is 0 Å². The molecule has 0 atom stereocenters. The van der Waals surface area contributed by atoms with Crippen molar-refractivity contribution >= 4 is 10.4 Å². The Hall–Kier alpha value is 1.19. The van der Waals surface area contributed by atoms with Crippen molar-refractivity contribution < 1.29 is 57.5 Å². The van der Waals surface area contributed by atoms with Crippen LogP contribution in [0.15, 0.2) is 0 Å². The standard InChI is InChI=1S/H2O4S.Th/c1-5(2,3)4;/h(H2,1,2,3,4);. The summed E-state index contributed by atoms with van der Waals surface area (Å²) in [6.07, 6.45) is 0. The second kappa shape index (κ2) is 3.23. The van der Waals surface area contributed by atoms with Gasteiger partial charge in [-0.25, -0.2) is 0 Å². The van der Waals surface area contributed by atoms with E-state index >= 15 is 0 Å². The summed E-state index contributed by atoms with van der Waals surface area (Å²) >= 11 is 0. The fourth-order valence-corrected chi connectivity index (χ4v) is 0. The zero-order valence-electron chi connectivity index (χ0n) is 2.62. The summed E-state index contributed by atoms with van der Waals surface area (Å²) < 4.78 is 31.6. The first-order chi connectivity index (χ1) is 2.00. The van der Waals surface area contributed by atoms with E-state index in [1.807, 2.05) is 0 Å². The van der Waals surface area contributed by atoms with E-state index < -0.39 is 10.4 Å². The van der Waals surface area contributed by atoms with E-state index in [9.17, 15) is 0 Å². The first-order valence-corrected chi connectivity index (χ1v) is 2.10. The molecular weight excluding hydrogens is 328 g/mol. The molecule has 0 aromatic heterocycles. The van der Waals surface area contributed by atoms with Gasteiger partial charge in [0.25, 0.3) is 0 Å². The van der Waals surface area contributed by atoms with Crippen molar-refractivity contribution in [2.45, 2.75) is 0 Å². The molecule has 0 amide bonds. The summed E-state index contributed by atoms with van der Waals surface area (Å²) in [5, 5.41) is 0. The maximum absolute atomic E-state index is 8.74. The van der Waals surface area contributed by atoms with Crippen molar-refractivity contribution in [2.24, 2.45) is 0 Å². The van der Waals surface area contributed by atoms with Gasteiger partial charge in [0.15, 0.2) is 0 Å². The van der Waals surface area contributed by atoms with Crippen LogP contribution >= 0.6 is 0 Å². The summed E-state index contributed by atoms with van der Waals surface area (Å²) in [7, 11) is -4.67. The van der Waals surface area contributed by atoms with Crippen LogP contribution in [0, 0.1) is 39.9 Å². The average molecular weight is 330 g/mol. The van der Waals surface area contributed by atoms with Crippen LogP contribution in [0.25, 0.3) is 0 Å². The summed E-state index contributed by atoms with van der Waals surface area (Å²) in [4.78, 5) is 0. The molecule has 0 saturated heterocycles.